The number of nitrogens with one attached hydrogen (secondary N) is 1. The van der Waals surface area contributed by atoms with E-state index in [4.69, 9.17) is 9.47 Å². The second-order valence-corrected chi connectivity index (χ2v) is 7.22. The number of para-hydroxylation sites is 1. The van der Waals surface area contributed by atoms with Crippen LogP contribution in [-0.4, -0.2) is 49.1 Å². The monoisotopic (exact) mass is 396 g/mol. The van der Waals surface area contributed by atoms with Crippen molar-refractivity contribution in [2.45, 2.75) is 33.3 Å². The van der Waals surface area contributed by atoms with E-state index in [1.807, 2.05) is 39.0 Å². The number of carbonyl (C=O) groups is 2. The maximum Gasteiger partial charge on any atom is 0.265 e. The van der Waals surface area contributed by atoms with Crippen LogP contribution in [0.3, 0.4) is 0 Å². The second kappa shape index (κ2) is 9.56. The van der Waals surface area contributed by atoms with Gasteiger partial charge in [-0.05, 0) is 44.0 Å². The van der Waals surface area contributed by atoms with Gasteiger partial charge in [-0.2, -0.15) is 0 Å². The fourth-order valence-electron chi connectivity index (χ4n) is 3.34. The highest BCUT2D eigenvalue weighted by atomic mass is 16.5. The molecule has 0 aliphatic carbocycles. The molecule has 1 aliphatic rings. The number of nitrogens with zero attached hydrogens (tertiary/aromatic N) is 1. The number of carbonyl (C=O) groups excluding carboxylic acids is 2. The number of rotatable bonds is 6. The van der Waals surface area contributed by atoms with Gasteiger partial charge in [-0.1, -0.05) is 36.8 Å². The SMILES string of the molecule is CC[C@@H](Oc1ccc(C)cc1C)C(=O)Nc1ccccc1C(=O)N1CCOCC1. The standard InChI is InChI=1S/C23H28N2O4/c1-4-20(29-21-10-9-16(2)15-17(21)3)22(26)24-19-8-6-5-7-18(19)23(27)25-11-13-28-14-12-25/h5-10,15,20H,4,11-14H2,1-3H3,(H,24,26)/t20-/m1/s1. The Morgan fingerprint density at radius 3 is 2.55 bits per heavy atom. The minimum atomic E-state index is -0.650. The minimum Gasteiger partial charge on any atom is -0.480 e. The van der Waals surface area contributed by atoms with Crippen LogP contribution in [0.4, 0.5) is 5.69 Å². The molecular formula is C23H28N2O4. The number of anilines is 1. The number of hydrogen-bond acceptors (Lipinski definition) is 4. The molecule has 1 heterocycles. The fourth-order valence-corrected chi connectivity index (χ4v) is 3.34. The van der Waals surface area contributed by atoms with Crippen LogP contribution in [0.5, 0.6) is 5.75 Å². The first-order chi connectivity index (χ1) is 14.0. The molecule has 2 amide bonds. The molecule has 154 valence electrons. The summed E-state index contributed by atoms with van der Waals surface area (Å²) in [6.45, 7) is 8.04. The van der Waals surface area contributed by atoms with Gasteiger partial charge in [0.1, 0.15) is 5.75 Å². The summed E-state index contributed by atoms with van der Waals surface area (Å²) < 4.78 is 11.3. The Labute approximate surface area is 171 Å². The Hall–Kier alpha value is -2.86. The highest BCUT2D eigenvalue weighted by Crippen LogP contribution is 2.23. The van der Waals surface area contributed by atoms with Gasteiger partial charge in [0, 0.05) is 13.1 Å². The van der Waals surface area contributed by atoms with E-state index in [0.29, 0.717) is 49.7 Å². The lowest BCUT2D eigenvalue weighted by atomic mass is 10.1. The highest BCUT2D eigenvalue weighted by Gasteiger charge is 2.24. The highest BCUT2D eigenvalue weighted by molar-refractivity contribution is 6.04. The maximum atomic E-state index is 12.9. The van der Waals surface area contributed by atoms with Crippen LogP contribution in [0.2, 0.25) is 0 Å². The molecular weight excluding hydrogens is 368 g/mol. The van der Waals surface area contributed by atoms with Gasteiger partial charge in [0.25, 0.3) is 11.8 Å². The molecule has 0 bridgehead atoms. The molecule has 0 unspecified atom stereocenters. The molecule has 0 aromatic heterocycles. The summed E-state index contributed by atoms with van der Waals surface area (Å²) in [7, 11) is 0. The van der Waals surface area contributed by atoms with Crippen molar-refractivity contribution in [2.75, 3.05) is 31.6 Å². The van der Waals surface area contributed by atoms with Crippen LogP contribution >= 0.6 is 0 Å². The van der Waals surface area contributed by atoms with Gasteiger partial charge in [0.05, 0.1) is 24.5 Å². The van der Waals surface area contributed by atoms with E-state index in [1.165, 1.54) is 0 Å². The molecule has 6 heteroatoms. The van der Waals surface area contributed by atoms with Gasteiger partial charge in [0.15, 0.2) is 6.10 Å². The summed E-state index contributed by atoms with van der Waals surface area (Å²) in [4.78, 5) is 27.5. The third-order valence-corrected chi connectivity index (χ3v) is 4.98. The zero-order chi connectivity index (χ0) is 20.8. The van der Waals surface area contributed by atoms with Crippen LogP contribution in [-0.2, 0) is 9.53 Å². The number of ether oxygens (including phenoxy) is 2. The summed E-state index contributed by atoms with van der Waals surface area (Å²) in [5.74, 6) is 0.317. The normalized spacial score (nSPS) is 14.9. The van der Waals surface area contributed by atoms with Crippen LogP contribution in [0.25, 0.3) is 0 Å². The Morgan fingerprint density at radius 2 is 1.86 bits per heavy atom. The second-order valence-electron chi connectivity index (χ2n) is 7.22. The number of benzene rings is 2. The van der Waals surface area contributed by atoms with Crippen molar-refractivity contribution in [1.29, 1.82) is 0 Å². The van der Waals surface area contributed by atoms with Crippen LogP contribution in [0, 0.1) is 13.8 Å². The molecule has 0 spiro atoms. The van der Waals surface area contributed by atoms with Gasteiger partial charge >= 0.3 is 0 Å². The van der Waals surface area contributed by atoms with Crippen molar-refractivity contribution >= 4 is 17.5 Å². The number of aryl methyl sites for hydroxylation is 2. The van der Waals surface area contributed by atoms with Crippen molar-refractivity contribution in [2.24, 2.45) is 0 Å². The Kier molecular flexibility index (Phi) is 6.88. The maximum absolute atomic E-state index is 12.9. The Balaban J connectivity index is 1.74. The molecule has 1 atom stereocenters. The van der Waals surface area contributed by atoms with Crippen LogP contribution in [0.15, 0.2) is 42.5 Å². The fraction of sp³-hybridized carbons (Fsp3) is 0.391. The third-order valence-electron chi connectivity index (χ3n) is 4.98. The smallest absolute Gasteiger partial charge is 0.265 e. The number of hydrogen-bond donors (Lipinski definition) is 1. The average molecular weight is 396 g/mol. The van der Waals surface area contributed by atoms with E-state index in [0.717, 1.165) is 11.1 Å². The minimum absolute atomic E-state index is 0.104. The number of morpholine rings is 1. The third kappa shape index (κ3) is 5.15. The van der Waals surface area contributed by atoms with Crippen molar-refractivity contribution in [3.8, 4) is 5.75 Å². The van der Waals surface area contributed by atoms with Gasteiger partial charge in [-0.3, -0.25) is 9.59 Å². The molecule has 0 saturated carbocycles. The Bertz CT molecular complexity index is 875. The first kappa shape index (κ1) is 20.9. The van der Waals surface area contributed by atoms with Crippen molar-refractivity contribution in [3.05, 3.63) is 59.2 Å². The Morgan fingerprint density at radius 1 is 1.14 bits per heavy atom. The predicted molar refractivity (Wildman–Crippen MR) is 112 cm³/mol. The first-order valence-corrected chi connectivity index (χ1v) is 10.0. The molecule has 1 aliphatic heterocycles. The van der Waals surface area contributed by atoms with Crippen LogP contribution in [0.1, 0.15) is 34.8 Å². The molecule has 29 heavy (non-hydrogen) atoms. The van der Waals surface area contributed by atoms with Crippen molar-refractivity contribution < 1.29 is 19.1 Å². The van der Waals surface area contributed by atoms with Crippen LogP contribution < -0.4 is 10.1 Å². The van der Waals surface area contributed by atoms with E-state index in [1.54, 1.807) is 29.2 Å². The predicted octanol–water partition coefficient (Wildman–Crippen LogP) is 3.57. The lowest BCUT2D eigenvalue weighted by Crippen LogP contribution is -2.41. The number of amides is 2. The van der Waals surface area contributed by atoms with Gasteiger partial charge in [-0.15, -0.1) is 0 Å². The molecule has 1 saturated heterocycles. The van der Waals surface area contributed by atoms with Crippen molar-refractivity contribution in [3.63, 3.8) is 0 Å². The zero-order valence-corrected chi connectivity index (χ0v) is 17.2. The van der Waals surface area contributed by atoms with E-state index < -0.39 is 6.10 Å². The summed E-state index contributed by atoms with van der Waals surface area (Å²) >= 11 is 0. The average Bonchev–Trinajstić information content (AvgIpc) is 2.73. The van der Waals surface area contributed by atoms with E-state index in [-0.39, 0.29) is 11.8 Å². The van der Waals surface area contributed by atoms with Gasteiger partial charge < -0.3 is 19.7 Å². The molecule has 6 nitrogen and oxygen atoms in total. The molecule has 3 rings (SSSR count). The largest absolute Gasteiger partial charge is 0.480 e. The quantitative estimate of drug-likeness (QED) is 0.811. The van der Waals surface area contributed by atoms with E-state index >= 15 is 0 Å². The molecule has 2 aromatic rings. The molecule has 1 N–H and O–H groups in total. The first-order valence-electron chi connectivity index (χ1n) is 10.0. The summed E-state index contributed by atoms with van der Waals surface area (Å²) in [6.07, 6.45) is -0.137. The lowest BCUT2D eigenvalue weighted by molar-refractivity contribution is -0.122. The topological polar surface area (TPSA) is 67.9 Å². The summed E-state index contributed by atoms with van der Waals surface area (Å²) in [5.41, 5.74) is 3.10. The lowest BCUT2D eigenvalue weighted by Gasteiger charge is -2.27. The molecule has 0 radical (unpaired) electrons. The summed E-state index contributed by atoms with van der Waals surface area (Å²) in [5, 5.41) is 2.89. The van der Waals surface area contributed by atoms with E-state index in [9.17, 15) is 9.59 Å². The van der Waals surface area contributed by atoms with Crippen molar-refractivity contribution in [1.82, 2.24) is 4.90 Å². The molecule has 1 fully saturated rings. The zero-order valence-electron chi connectivity index (χ0n) is 17.2. The summed E-state index contributed by atoms with van der Waals surface area (Å²) in [6, 6.07) is 13.0. The van der Waals surface area contributed by atoms with E-state index in [2.05, 4.69) is 5.32 Å². The molecule has 2 aromatic carbocycles. The van der Waals surface area contributed by atoms with Gasteiger partial charge in [-0.25, -0.2) is 0 Å². The van der Waals surface area contributed by atoms with Gasteiger partial charge in [0.2, 0.25) is 0 Å².